The average molecular weight is 259 g/mol. The van der Waals surface area contributed by atoms with Crippen LogP contribution >= 0.6 is 0 Å². The number of rotatable bonds is 2. The fourth-order valence-corrected chi connectivity index (χ4v) is 2.31. The fourth-order valence-electron chi connectivity index (χ4n) is 2.31. The summed E-state index contributed by atoms with van der Waals surface area (Å²) in [5, 5.41) is 4.06. The maximum Gasteiger partial charge on any atom is 0.266 e. The molecule has 3 rings (SSSR count). The predicted molar refractivity (Wildman–Crippen MR) is 72.6 cm³/mol. The Morgan fingerprint density at radius 1 is 1.11 bits per heavy atom. The van der Waals surface area contributed by atoms with E-state index in [4.69, 9.17) is 10.3 Å². The number of nitrogen functional groups attached to an aromatic ring is 1. The molecule has 0 saturated carbocycles. The van der Waals surface area contributed by atoms with Crippen LogP contribution in [-0.4, -0.2) is 28.2 Å². The van der Waals surface area contributed by atoms with Crippen LogP contribution in [0.1, 0.15) is 25.7 Å². The highest BCUT2D eigenvalue weighted by Crippen LogP contribution is 2.22. The van der Waals surface area contributed by atoms with E-state index in [0.29, 0.717) is 17.5 Å². The molecule has 0 bridgehead atoms. The van der Waals surface area contributed by atoms with Crippen LogP contribution < -0.4 is 10.6 Å². The lowest BCUT2D eigenvalue weighted by Crippen LogP contribution is -2.24. The van der Waals surface area contributed by atoms with E-state index in [9.17, 15) is 0 Å². The van der Waals surface area contributed by atoms with E-state index in [1.54, 1.807) is 18.5 Å². The molecule has 0 unspecified atom stereocenters. The van der Waals surface area contributed by atoms with Gasteiger partial charge in [0.15, 0.2) is 0 Å². The average Bonchev–Trinajstić information content (AvgIpc) is 2.75. The summed E-state index contributed by atoms with van der Waals surface area (Å²) in [7, 11) is 0. The molecule has 1 saturated heterocycles. The number of aromatic nitrogens is 3. The van der Waals surface area contributed by atoms with Crippen LogP contribution in [0.25, 0.3) is 11.5 Å². The van der Waals surface area contributed by atoms with Crippen molar-refractivity contribution in [3.63, 3.8) is 0 Å². The first kappa shape index (κ1) is 12.0. The number of pyridine rings is 1. The summed E-state index contributed by atoms with van der Waals surface area (Å²) in [5.41, 5.74) is 7.05. The lowest BCUT2D eigenvalue weighted by atomic mass is 10.2. The molecule has 0 aromatic carbocycles. The minimum absolute atomic E-state index is 0.471. The van der Waals surface area contributed by atoms with Gasteiger partial charge in [0.05, 0.1) is 11.3 Å². The first-order valence-electron chi connectivity index (χ1n) is 6.62. The highest BCUT2D eigenvalue weighted by atomic mass is 16.5. The van der Waals surface area contributed by atoms with Crippen LogP contribution in [0.5, 0.6) is 0 Å². The Hall–Kier alpha value is -2.11. The van der Waals surface area contributed by atoms with Crippen LogP contribution in [-0.2, 0) is 0 Å². The molecule has 1 fully saturated rings. The van der Waals surface area contributed by atoms with Crippen LogP contribution in [0.15, 0.2) is 23.0 Å². The van der Waals surface area contributed by atoms with Crippen molar-refractivity contribution >= 4 is 11.6 Å². The molecule has 0 amide bonds. The summed E-state index contributed by atoms with van der Waals surface area (Å²) in [6, 6.07) is 1.78. The molecule has 6 nitrogen and oxygen atoms in total. The molecular formula is C13H17N5O. The molecule has 6 heteroatoms. The molecule has 0 aliphatic carbocycles. The number of hydrogen-bond donors (Lipinski definition) is 1. The topological polar surface area (TPSA) is 81.1 Å². The predicted octanol–water partition coefficient (Wildman–Crippen LogP) is 2.09. The molecule has 2 N–H and O–H groups in total. The Kier molecular flexibility index (Phi) is 3.31. The number of anilines is 2. The first-order chi connectivity index (χ1) is 9.33. The lowest BCUT2D eigenvalue weighted by Gasteiger charge is -2.16. The van der Waals surface area contributed by atoms with E-state index >= 15 is 0 Å². The molecule has 3 heterocycles. The second kappa shape index (κ2) is 5.26. The minimum Gasteiger partial charge on any atom is -0.397 e. The summed E-state index contributed by atoms with van der Waals surface area (Å²) in [6.45, 7) is 1.99. The van der Waals surface area contributed by atoms with E-state index in [1.165, 1.54) is 25.7 Å². The third-order valence-corrected chi connectivity index (χ3v) is 3.31. The molecule has 0 atom stereocenters. The van der Waals surface area contributed by atoms with Gasteiger partial charge >= 0.3 is 0 Å². The molecule has 1 aliphatic rings. The Morgan fingerprint density at radius 2 is 1.89 bits per heavy atom. The van der Waals surface area contributed by atoms with Crippen LogP contribution in [0, 0.1) is 0 Å². The Bertz CT molecular complexity index is 545. The lowest BCUT2D eigenvalue weighted by molar-refractivity contribution is 0.429. The van der Waals surface area contributed by atoms with Crippen LogP contribution in [0.2, 0.25) is 0 Å². The maximum atomic E-state index is 5.70. The van der Waals surface area contributed by atoms with Crippen molar-refractivity contribution in [3.05, 3.63) is 18.5 Å². The van der Waals surface area contributed by atoms with Gasteiger partial charge in [0.1, 0.15) is 0 Å². The third-order valence-electron chi connectivity index (χ3n) is 3.31. The second-order valence-electron chi connectivity index (χ2n) is 4.81. The Morgan fingerprint density at radius 3 is 2.63 bits per heavy atom. The van der Waals surface area contributed by atoms with E-state index in [0.717, 1.165) is 18.7 Å². The summed E-state index contributed by atoms with van der Waals surface area (Å²) in [5.74, 6) is 1.14. The van der Waals surface area contributed by atoms with Crippen molar-refractivity contribution in [3.8, 4) is 11.5 Å². The van der Waals surface area contributed by atoms with E-state index < -0.39 is 0 Å². The summed E-state index contributed by atoms with van der Waals surface area (Å²) >= 11 is 0. The molecule has 19 heavy (non-hydrogen) atoms. The summed E-state index contributed by atoms with van der Waals surface area (Å²) in [6.07, 6.45) is 8.19. The van der Waals surface area contributed by atoms with Gasteiger partial charge in [0.2, 0.25) is 0 Å². The maximum absolute atomic E-state index is 5.70. The zero-order valence-corrected chi connectivity index (χ0v) is 10.7. The van der Waals surface area contributed by atoms with Gasteiger partial charge in [0.25, 0.3) is 11.8 Å². The molecule has 2 aromatic heterocycles. The van der Waals surface area contributed by atoms with Crippen molar-refractivity contribution in [2.24, 2.45) is 0 Å². The van der Waals surface area contributed by atoms with Crippen LogP contribution in [0.4, 0.5) is 11.6 Å². The number of nitrogens with zero attached hydrogens (tertiary/aromatic N) is 4. The van der Waals surface area contributed by atoms with Gasteiger partial charge < -0.3 is 15.2 Å². The summed E-state index contributed by atoms with van der Waals surface area (Å²) < 4.78 is 5.30. The van der Waals surface area contributed by atoms with Gasteiger partial charge in [-0.1, -0.05) is 12.8 Å². The van der Waals surface area contributed by atoms with Gasteiger partial charge in [-0.3, -0.25) is 4.98 Å². The highest BCUT2D eigenvalue weighted by Gasteiger charge is 2.16. The molecule has 0 spiro atoms. The van der Waals surface area contributed by atoms with Gasteiger partial charge in [-0.05, 0) is 24.1 Å². The van der Waals surface area contributed by atoms with E-state index in [-0.39, 0.29) is 0 Å². The Balaban J connectivity index is 1.82. The first-order valence-corrected chi connectivity index (χ1v) is 6.62. The van der Waals surface area contributed by atoms with Crippen molar-refractivity contribution < 1.29 is 4.52 Å². The molecule has 100 valence electrons. The normalized spacial score (nSPS) is 16.3. The molecule has 2 aromatic rings. The zero-order chi connectivity index (χ0) is 13.1. The van der Waals surface area contributed by atoms with Gasteiger partial charge in [-0.15, -0.1) is 0 Å². The number of nitrogens with two attached hydrogens (primary N) is 1. The van der Waals surface area contributed by atoms with Gasteiger partial charge in [0, 0.05) is 25.5 Å². The second-order valence-corrected chi connectivity index (χ2v) is 4.81. The standard InChI is InChI=1S/C13H17N5O/c14-11-7-10(8-15-9-11)12-16-13(17-19-12)18-5-3-1-2-4-6-18/h7-9H,1-6,14H2. The van der Waals surface area contributed by atoms with Crippen molar-refractivity contribution in [2.45, 2.75) is 25.7 Å². The minimum atomic E-state index is 0.471. The van der Waals surface area contributed by atoms with Gasteiger partial charge in [-0.2, -0.15) is 4.98 Å². The largest absolute Gasteiger partial charge is 0.397 e. The smallest absolute Gasteiger partial charge is 0.266 e. The van der Waals surface area contributed by atoms with E-state index in [2.05, 4.69) is 20.0 Å². The summed E-state index contributed by atoms with van der Waals surface area (Å²) in [4.78, 5) is 10.7. The number of hydrogen-bond acceptors (Lipinski definition) is 6. The highest BCUT2D eigenvalue weighted by molar-refractivity contribution is 5.58. The molecular weight excluding hydrogens is 242 g/mol. The van der Waals surface area contributed by atoms with Crippen molar-refractivity contribution in [2.75, 3.05) is 23.7 Å². The molecule has 1 aliphatic heterocycles. The Labute approximate surface area is 111 Å². The quantitative estimate of drug-likeness (QED) is 0.889. The van der Waals surface area contributed by atoms with Gasteiger partial charge in [-0.25, -0.2) is 0 Å². The SMILES string of the molecule is Nc1cncc(-c2nc(N3CCCCCC3)no2)c1. The fraction of sp³-hybridized carbons (Fsp3) is 0.462. The third kappa shape index (κ3) is 2.67. The van der Waals surface area contributed by atoms with Crippen molar-refractivity contribution in [1.82, 2.24) is 15.1 Å². The van der Waals surface area contributed by atoms with Crippen molar-refractivity contribution in [1.29, 1.82) is 0 Å². The monoisotopic (exact) mass is 259 g/mol. The van der Waals surface area contributed by atoms with Crippen LogP contribution in [0.3, 0.4) is 0 Å². The zero-order valence-electron chi connectivity index (χ0n) is 10.7. The molecule has 0 radical (unpaired) electrons. The van der Waals surface area contributed by atoms with E-state index in [1.807, 2.05) is 0 Å².